The molecule has 2 rings (SSSR count). The van der Waals surface area contributed by atoms with Gasteiger partial charge >= 0.3 is 6.09 Å². The zero-order valence-electron chi connectivity index (χ0n) is 15.9. The Morgan fingerprint density at radius 3 is 2.85 bits per heavy atom. The number of hydrogen-bond donors (Lipinski definition) is 1. The van der Waals surface area contributed by atoms with Crippen LogP contribution in [-0.2, 0) is 11.2 Å². The van der Waals surface area contributed by atoms with Gasteiger partial charge in [0.05, 0.1) is 24.8 Å². The van der Waals surface area contributed by atoms with Gasteiger partial charge in [-0.25, -0.2) is 18.7 Å². The SMILES string of the molecule is CCCCOC(=O)NC/C(=C\F)COc1ccc2nc(CCCC)cn2n1. The molecule has 0 fully saturated rings. The summed E-state index contributed by atoms with van der Waals surface area (Å²) in [4.78, 5) is 16.0. The van der Waals surface area contributed by atoms with Crippen molar-refractivity contribution in [2.75, 3.05) is 19.8 Å². The minimum Gasteiger partial charge on any atom is -0.472 e. The molecule has 0 aliphatic rings. The first-order valence-electron chi connectivity index (χ1n) is 9.33. The van der Waals surface area contributed by atoms with Crippen molar-refractivity contribution in [3.8, 4) is 5.88 Å². The number of aromatic nitrogens is 3. The Hall–Kier alpha value is -2.64. The van der Waals surface area contributed by atoms with Crippen molar-refractivity contribution < 1.29 is 18.7 Å². The number of imidazole rings is 1. The Bertz CT molecular complexity index is 760. The molecule has 8 heteroatoms. The highest BCUT2D eigenvalue weighted by molar-refractivity contribution is 5.67. The average molecular weight is 378 g/mol. The van der Waals surface area contributed by atoms with Crippen molar-refractivity contribution in [1.82, 2.24) is 19.9 Å². The van der Waals surface area contributed by atoms with Gasteiger partial charge in [-0.1, -0.05) is 26.7 Å². The molecule has 148 valence electrons. The van der Waals surface area contributed by atoms with E-state index in [1.165, 1.54) is 0 Å². The molecule has 2 aromatic heterocycles. The van der Waals surface area contributed by atoms with Gasteiger partial charge in [-0.2, -0.15) is 0 Å². The van der Waals surface area contributed by atoms with E-state index in [4.69, 9.17) is 9.47 Å². The Kier molecular flexibility index (Phi) is 8.54. The molecule has 0 radical (unpaired) electrons. The van der Waals surface area contributed by atoms with Gasteiger partial charge in [0.2, 0.25) is 5.88 Å². The van der Waals surface area contributed by atoms with E-state index in [9.17, 15) is 9.18 Å². The second-order valence-electron chi connectivity index (χ2n) is 6.21. The van der Waals surface area contributed by atoms with E-state index in [0.29, 0.717) is 18.8 Å². The fourth-order valence-corrected chi connectivity index (χ4v) is 2.30. The van der Waals surface area contributed by atoms with Crippen LogP contribution >= 0.6 is 0 Å². The minimum absolute atomic E-state index is 0.00986. The zero-order valence-corrected chi connectivity index (χ0v) is 15.9. The summed E-state index contributed by atoms with van der Waals surface area (Å²) in [6, 6.07) is 3.49. The molecule has 2 heterocycles. The number of carbonyl (C=O) groups is 1. The molecule has 0 spiro atoms. The standard InChI is InChI=1S/C19H27FN4O3/c1-3-5-7-16-13-24-17(22-16)8-9-18(23-24)27-14-15(11-20)12-21-19(25)26-10-6-4-2/h8-9,11,13H,3-7,10,12,14H2,1-2H3,(H,21,25)/b15-11+. The molecule has 0 atom stereocenters. The maximum Gasteiger partial charge on any atom is 0.407 e. The van der Waals surface area contributed by atoms with Crippen LogP contribution in [0.25, 0.3) is 5.65 Å². The smallest absolute Gasteiger partial charge is 0.407 e. The van der Waals surface area contributed by atoms with Crippen LogP contribution in [0.15, 0.2) is 30.2 Å². The summed E-state index contributed by atoms with van der Waals surface area (Å²) in [7, 11) is 0. The molecule has 0 aliphatic heterocycles. The predicted molar refractivity (Wildman–Crippen MR) is 101 cm³/mol. The highest BCUT2D eigenvalue weighted by atomic mass is 19.1. The topological polar surface area (TPSA) is 77.8 Å². The van der Waals surface area contributed by atoms with Crippen molar-refractivity contribution in [1.29, 1.82) is 0 Å². The lowest BCUT2D eigenvalue weighted by Gasteiger charge is -2.10. The maximum absolute atomic E-state index is 13.0. The van der Waals surface area contributed by atoms with E-state index in [1.54, 1.807) is 16.6 Å². The van der Waals surface area contributed by atoms with Gasteiger partial charge in [0.25, 0.3) is 0 Å². The molecule has 0 aromatic carbocycles. The summed E-state index contributed by atoms with van der Waals surface area (Å²) in [6.07, 6.45) is 6.55. The second kappa shape index (κ2) is 11.2. The van der Waals surface area contributed by atoms with E-state index in [1.807, 2.05) is 13.1 Å². The summed E-state index contributed by atoms with van der Waals surface area (Å²) < 4.78 is 25.2. The fraction of sp³-hybridized carbons (Fsp3) is 0.526. The second-order valence-corrected chi connectivity index (χ2v) is 6.21. The van der Waals surface area contributed by atoms with Gasteiger partial charge in [0.15, 0.2) is 5.65 Å². The molecule has 1 amide bonds. The van der Waals surface area contributed by atoms with Crippen LogP contribution in [0.4, 0.5) is 9.18 Å². The highest BCUT2D eigenvalue weighted by Gasteiger charge is 2.07. The number of fused-ring (bicyclic) bond motifs is 1. The number of hydrogen-bond acceptors (Lipinski definition) is 5. The number of halogens is 1. The third-order valence-corrected chi connectivity index (χ3v) is 3.88. The summed E-state index contributed by atoms with van der Waals surface area (Å²) in [5, 5.41) is 6.82. The summed E-state index contributed by atoms with van der Waals surface area (Å²) in [5.74, 6) is 0.354. The molecule has 0 saturated heterocycles. The molecular weight excluding hydrogens is 351 g/mol. The van der Waals surface area contributed by atoms with Gasteiger partial charge < -0.3 is 14.8 Å². The van der Waals surface area contributed by atoms with Crippen molar-refractivity contribution >= 4 is 11.7 Å². The van der Waals surface area contributed by atoms with Crippen LogP contribution in [0.2, 0.25) is 0 Å². The number of aryl methyl sites for hydroxylation is 1. The zero-order chi connectivity index (χ0) is 19.5. The van der Waals surface area contributed by atoms with Crippen molar-refractivity contribution in [2.24, 2.45) is 0 Å². The third kappa shape index (κ3) is 6.88. The highest BCUT2D eigenvalue weighted by Crippen LogP contribution is 2.12. The molecule has 7 nitrogen and oxygen atoms in total. The third-order valence-electron chi connectivity index (χ3n) is 3.88. The van der Waals surface area contributed by atoms with Crippen LogP contribution in [0.3, 0.4) is 0 Å². The van der Waals surface area contributed by atoms with Gasteiger partial charge in [-0.15, -0.1) is 5.10 Å². The van der Waals surface area contributed by atoms with Crippen molar-refractivity contribution in [2.45, 2.75) is 46.0 Å². The summed E-state index contributed by atoms with van der Waals surface area (Å²) >= 11 is 0. The molecule has 0 unspecified atom stereocenters. The fourth-order valence-electron chi connectivity index (χ4n) is 2.30. The lowest BCUT2D eigenvalue weighted by Crippen LogP contribution is -2.28. The Balaban J connectivity index is 1.83. The molecule has 0 bridgehead atoms. The lowest BCUT2D eigenvalue weighted by molar-refractivity contribution is 0.145. The molecule has 1 N–H and O–H groups in total. The summed E-state index contributed by atoms with van der Waals surface area (Å²) in [6.45, 7) is 4.47. The molecule has 0 saturated carbocycles. The van der Waals surface area contributed by atoms with E-state index in [2.05, 4.69) is 22.3 Å². The van der Waals surface area contributed by atoms with E-state index < -0.39 is 6.09 Å². The molecular formula is C19H27FN4O3. The van der Waals surface area contributed by atoms with Crippen LogP contribution in [-0.4, -0.2) is 40.4 Å². The predicted octanol–water partition coefficient (Wildman–Crippen LogP) is 3.83. The maximum atomic E-state index is 13.0. The number of unbranched alkanes of at least 4 members (excludes halogenated alkanes) is 2. The van der Waals surface area contributed by atoms with E-state index in [0.717, 1.165) is 43.4 Å². The Morgan fingerprint density at radius 2 is 2.11 bits per heavy atom. The first-order valence-corrected chi connectivity index (χ1v) is 9.33. The van der Waals surface area contributed by atoms with Crippen LogP contribution in [0.5, 0.6) is 5.88 Å². The average Bonchev–Trinajstić information content (AvgIpc) is 3.08. The Morgan fingerprint density at radius 1 is 1.30 bits per heavy atom. The quantitative estimate of drug-likeness (QED) is 0.601. The minimum atomic E-state index is -0.569. The monoisotopic (exact) mass is 378 g/mol. The number of nitrogens with one attached hydrogen (secondary N) is 1. The number of rotatable bonds is 11. The normalized spacial score (nSPS) is 11.6. The first kappa shape index (κ1) is 20.7. The van der Waals surface area contributed by atoms with E-state index >= 15 is 0 Å². The molecule has 2 aromatic rings. The Labute approximate surface area is 158 Å². The van der Waals surface area contributed by atoms with E-state index in [-0.39, 0.29) is 18.7 Å². The molecule has 0 aliphatic carbocycles. The van der Waals surface area contributed by atoms with Crippen LogP contribution in [0.1, 0.15) is 45.2 Å². The number of ether oxygens (including phenoxy) is 2. The van der Waals surface area contributed by atoms with Crippen LogP contribution < -0.4 is 10.1 Å². The first-order chi connectivity index (χ1) is 13.2. The number of amides is 1. The van der Waals surface area contributed by atoms with Gasteiger partial charge in [0.1, 0.15) is 6.61 Å². The van der Waals surface area contributed by atoms with Crippen LogP contribution in [0, 0.1) is 0 Å². The van der Waals surface area contributed by atoms with Gasteiger partial charge in [0, 0.05) is 18.2 Å². The lowest BCUT2D eigenvalue weighted by atomic mass is 10.2. The van der Waals surface area contributed by atoms with Crippen molar-refractivity contribution in [3.63, 3.8) is 0 Å². The number of nitrogens with zero attached hydrogens (tertiary/aromatic N) is 3. The molecule has 27 heavy (non-hydrogen) atoms. The largest absolute Gasteiger partial charge is 0.472 e. The van der Waals surface area contributed by atoms with Crippen molar-refractivity contribution in [3.05, 3.63) is 35.9 Å². The van der Waals surface area contributed by atoms with Gasteiger partial charge in [-0.3, -0.25) is 0 Å². The summed E-state index contributed by atoms with van der Waals surface area (Å²) in [5.41, 5.74) is 2.00. The number of carbonyl (C=O) groups excluding carboxylic acids is 1. The number of alkyl carbamates (subject to hydrolysis) is 1. The van der Waals surface area contributed by atoms with Gasteiger partial charge in [-0.05, 0) is 25.3 Å².